The Morgan fingerprint density at radius 3 is 2.69 bits per heavy atom. The van der Waals surface area contributed by atoms with Crippen molar-refractivity contribution < 1.29 is 18.7 Å². The third-order valence-electron chi connectivity index (χ3n) is 4.68. The first kappa shape index (κ1) is 27.6. The first-order valence-electron chi connectivity index (χ1n) is 11.0. The molecule has 1 aromatic heterocycles. The maximum Gasteiger partial charge on any atom is 0.351 e. The third-order valence-corrected chi connectivity index (χ3v) is 5.81. The number of rotatable bonds is 10. The highest BCUT2D eigenvalue weighted by Crippen LogP contribution is 2.19. The van der Waals surface area contributed by atoms with E-state index >= 15 is 0 Å². The van der Waals surface area contributed by atoms with Gasteiger partial charge in [-0.05, 0) is 59.1 Å². The molecule has 10 nitrogen and oxygen atoms in total. The SMILES string of the molecule is CCOC(=O)/C(C#N)=c1\s/c(=C/Nc2ccc(F)c(NC(=O)NCCCN(C)C)c2)c(=O)n1CC. The standard InChI is InChI=1S/C23H29FN6O4S/c1-5-30-20(31)19(35-21(30)16(13-25)22(32)34-6-2)14-27-15-8-9-17(24)18(12-15)28-23(33)26-10-7-11-29(3)4/h8-9,12,14,27H,5-7,10-11H2,1-4H3,(H2,26,28,33)/b19-14+,21-16-. The van der Waals surface area contributed by atoms with Gasteiger partial charge in [-0.15, -0.1) is 11.3 Å². The summed E-state index contributed by atoms with van der Waals surface area (Å²) in [5.41, 5.74) is -0.259. The summed E-state index contributed by atoms with van der Waals surface area (Å²) in [5, 5.41) is 17.5. The number of ether oxygens (including phenoxy) is 1. The Hall–Kier alpha value is -3.69. The van der Waals surface area contributed by atoms with Crippen molar-refractivity contribution in [2.24, 2.45) is 0 Å². The molecule has 3 N–H and O–H groups in total. The third kappa shape index (κ3) is 7.66. The van der Waals surface area contributed by atoms with Crippen LogP contribution in [0.2, 0.25) is 0 Å². The Morgan fingerprint density at radius 2 is 2.06 bits per heavy atom. The minimum absolute atomic E-state index is 0.0336. The Kier molecular flexibility index (Phi) is 10.4. The lowest BCUT2D eigenvalue weighted by molar-refractivity contribution is -0.136. The number of carbonyl (C=O) groups excluding carboxylic acids is 2. The van der Waals surface area contributed by atoms with E-state index in [0.29, 0.717) is 12.2 Å². The summed E-state index contributed by atoms with van der Waals surface area (Å²) in [7, 11) is 3.86. The van der Waals surface area contributed by atoms with Gasteiger partial charge in [0.15, 0.2) is 5.57 Å². The number of anilines is 2. The number of esters is 1. The van der Waals surface area contributed by atoms with Crippen LogP contribution in [0.4, 0.5) is 20.6 Å². The molecule has 0 radical (unpaired) electrons. The molecule has 0 bridgehead atoms. The van der Waals surface area contributed by atoms with E-state index in [2.05, 4.69) is 16.0 Å². The smallest absolute Gasteiger partial charge is 0.351 e. The van der Waals surface area contributed by atoms with Crippen LogP contribution >= 0.6 is 11.3 Å². The van der Waals surface area contributed by atoms with Crippen LogP contribution < -0.4 is 30.7 Å². The summed E-state index contributed by atoms with van der Waals surface area (Å²) >= 11 is 0.963. The largest absolute Gasteiger partial charge is 0.462 e. The van der Waals surface area contributed by atoms with Crippen molar-refractivity contribution in [2.45, 2.75) is 26.8 Å². The van der Waals surface area contributed by atoms with E-state index in [1.54, 1.807) is 13.8 Å². The summed E-state index contributed by atoms with van der Waals surface area (Å²) < 4.78 is 20.9. The first-order chi connectivity index (χ1) is 16.7. The van der Waals surface area contributed by atoms with Gasteiger partial charge < -0.3 is 25.6 Å². The monoisotopic (exact) mass is 504 g/mol. The number of urea groups is 1. The van der Waals surface area contributed by atoms with E-state index in [9.17, 15) is 24.0 Å². The summed E-state index contributed by atoms with van der Waals surface area (Å²) in [6, 6.07) is 5.31. The second kappa shape index (κ2) is 13.3. The number of benzene rings is 1. The predicted octanol–water partition coefficient (Wildman–Crippen LogP) is 1.23. The zero-order valence-electron chi connectivity index (χ0n) is 20.1. The molecule has 2 rings (SSSR count). The summed E-state index contributed by atoms with van der Waals surface area (Å²) in [6.07, 6.45) is 2.15. The van der Waals surface area contributed by atoms with Crippen molar-refractivity contribution in [2.75, 3.05) is 44.4 Å². The fourth-order valence-corrected chi connectivity index (χ4v) is 4.08. The Balaban J connectivity index is 2.27. The molecule has 0 spiro atoms. The minimum Gasteiger partial charge on any atom is -0.462 e. The van der Waals surface area contributed by atoms with Crippen LogP contribution in [0.15, 0.2) is 23.0 Å². The van der Waals surface area contributed by atoms with Crippen LogP contribution in [-0.2, 0) is 16.1 Å². The second-order valence-corrected chi connectivity index (χ2v) is 8.58. The fourth-order valence-electron chi connectivity index (χ4n) is 3.00. The normalized spacial score (nSPS) is 12.2. The molecule has 1 aromatic carbocycles. The van der Waals surface area contributed by atoms with Crippen LogP contribution in [0, 0.1) is 17.1 Å². The van der Waals surface area contributed by atoms with Crippen molar-refractivity contribution >= 4 is 46.5 Å². The lowest BCUT2D eigenvalue weighted by Crippen LogP contribution is -2.32. The molecule has 12 heteroatoms. The van der Waals surface area contributed by atoms with Gasteiger partial charge in [-0.25, -0.2) is 14.0 Å². The number of carbonyl (C=O) groups is 2. The van der Waals surface area contributed by atoms with E-state index in [-0.39, 0.29) is 33.6 Å². The van der Waals surface area contributed by atoms with Crippen LogP contribution in [0.3, 0.4) is 0 Å². The molecular formula is C23H29FN6O4S. The van der Waals surface area contributed by atoms with E-state index in [1.165, 1.54) is 29.0 Å². The number of halogens is 1. The molecule has 0 aliphatic carbocycles. The maximum atomic E-state index is 14.2. The Morgan fingerprint density at radius 1 is 1.31 bits per heavy atom. The zero-order valence-corrected chi connectivity index (χ0v) is 20.9. The first-order valence-corrected chi connectivity index (χ1v) is 11.8. The fraction of sp³-hybridized carbons (Fsp3) is 0.391. The molecule has 0 saturated heterocycles. The van der Waals surface area contributed by atoms with Gasteiger partial charge in [0.1, 0.15) is 21.1 Å². The van der Waals surface area contributed by atoms with Gasteiger partial charge >= 0.3 is 12.0 Å². The van der Waals surface area contributed by atoms with E-state index < -0.39 is 23.4 Å². The van der Waals surface area contributed by atoms with Crippen LogP contribution in [0.5, 0.6) is 0 Å². The molecule has 0 unspecified atom stereocenters. The van der Waals surface area contributed by atoms with E-state index in [1.807, 2.05) is 25.1 Å². The highest BCUT2D eigenvalue weighted by atomic mass is 32.1. The molecule has 2 aromatic rings. The lowest BCUT2D eigenvalue weighted by Gasteiger charge is -2.12. The van der Waals surface area contributed by atoms with Gasteiger partial charge in [0, 0.05) is 25.0 Å². The second-order valence-electron chi connectivity index (χ2n) is 7.55. The average molecular weight is 505 g/mol. The van der Waals surface area contributed by atoms with Gasteiger partial charge in [0.05, 0.1) is 12.3 Å². The summed E-state index contributed by atoms with van der Waals surface area (Å²) in [6.45, 7) is 4.94. The van der Waals surface area contributed by atoms with E-state index in [0.717, 1.165) is 24.3 Å². The molecule has 0 aliphatic rings. The molecule has 2 amide bonds. The van der Waals surface area contributed by atoms with Gasteiger partial charge in [0.25, 0.3) is 5.56 Å². The maximum absolute atomic E-state index is 14.2. The molecule has 1 heterocycles. The topological polar surface area (TPSA) is 128 Å². The number of hydrogen-bond donors (Lipinski definition) is 3. The van der Waals surface area contributed by atoms with Gasteiger partial charge in [-0.3, -0.25) is 9.36 Å². The zero-order chi connectivity index (χ0) is 26.0. The number of nitrogens with zero attached hydrogens (tertiary/aromatic N) is 3. The Bertz CT molecular complexity index is 1280. The van der Waals surface area contributed by atoms with Crippen LogP contribution in [0.25, 0.3) is 11.8 Å². The number of nitriles is 1. The van der Waals surface area contributed by atoms with Crippen molar-refractivity contribution in [3.63, 3.8) is 0 Å². The highest BCUT2D eigenvalue weighted by Gasteiger charge is 2.16. The molecule has 0 aliphatic heterocycles. The van der Waals surface area contributed by atoms with Gasteiger partial charge in [-0.2, -0.15) is 5.26 Å². The lowest BCUT2D eigenvalue weighted by atomic mass is 10.2. The number of aromatic nitrogens is 1. The summed E-state index contributed by atoms with van der Waals surface area (Å²) in [5.74, 6) is -1.42. The van der Waals surface area contributed by atoms with Gasteiger partial charge in [-0.1, -0.05) is 0 Å². The molecule has 0 atom stereocenters. The van der Waals surface area contributed by atoms with Crippen LogP contribution in [0.1, 0.15) is 20.3 Å². The van der Waals surface area contributed by atoms with Crippen molar-refractivity contribution in [1.29, 1.82) is 5.26 Å². The average Bonchev–Trinajstić information content (AvgIpc) is 3.12. The summed E-state index contributed by atoms with van der Waals surface area (Å²) in [4.78, 5) is 39.0. The number of thiazole rings is 1. The predicted molar refractivity (Wildman–Crippen MR) is 134 cm³/mol. The van der Waals surface area contributed by atoms with Gasteiger partial charge in [0.2, 0.25) is 0 Å². The number of nitrogens with one attached hydrogen (secondary N) is 3. The van der Waals surface area contributed by atoms with E-state index in [4.69, 9.17) is 4.74 Å². The molecule has 35 heavy (non-hydrogen) atoms. The van der Waals surface area contributed by atoms with Crippen molar-refractivity contribution in [3.05, 3.63) is 43.6 Å². The molecular weight excluding hydrogens is 475 g/mol. The van der Waals surface area contributed by atoms with Crippen molar-refractivity contribution in [3.8, 4) is 6.07 Å². The highest BCUT2D eigenvalue weighted by molar-refractivity contribution is 7.07. The molecule has 188 valence electrons. The minimum atomic E-state index is -0.799. The number of amides is 2. The molecule has 0 saturated carbocycles. The molecule has 0 fully saturated rings. The van der Waals surface area contributed by atoms with Crippen molar-refractivity contribution in [1.82, 2.24) is 14.8 Å². The quantitative estimate of drug-likeness (QED) is 0.328. The Labute approximate surface area is 206 Å². The number of hydrogen-bond acceptors (Lipinski definition) is 8. The van der Waals surface area contributed by atoms with Crippen LogP contribution in [-0.4, -0.2) is 55.3 Å².